The van der Waals surface area contributed by atoms with E-state index < -0.39 is 12.0 Å². The van der Waals surface area contributed by atoms with E-state index in [9.17, 15) is 9.59 Å². The first kappa shape index (κ1) is 34.0. The number of hydrogen-bond acceptors (Lipinski definition) is 6. The molecular formula is C42H36ClN3O4S. The maximum Gasteiger partial charge on any atom is 0.338 e. The minimum Gasteiger partial charge on any atom is -0.496 e. The summed E-state index contributed by atoms with van der Waals surface area (Å²) in [7, 11) is 1.56. The van der Waals surface area contributed by atoms with Crippen LogP contribution in [-0.2, 0) is 9.53 Å². The summed E-state index contributed by atoms with van der Waals surface area (Å²) in [6.45, 7) is 3.97. The number of carbonyl (C=O) groups excluding carboxylic acids is 1. The lowest BCUT2D eigenvalue weighted by atomic mass is 9.93. The average molecular weight is 714 g/mol. The number of carbonyl (C=O) groups is 1. The predicted octanol–water partition coefficient (Wildman–Crippen LogP) is 8.37. The van der Waals surface area contributed by atoms with Gasteiger partial charge in [0.2, 0.25) is 0 Å². The van der Waals surface area contributed by atoms with Crippen molar-refractivity contribution in [3.63, 3.8) is 0 Å². The van der Waals surface area contributed by atoms with Gasteiger partial charge in [-0.3, -0.25) is 9.36 Å². The number of ether oxygens (including phenoxy) is 2. The predicted molar refractivity (Wildman–Crippen MR) is 204 cm³/mol. The molecule has 0 N–H and O–H groups in total. The van der Waals surface area contributed by atoms with Crippen LogP contribution in [0.5, 0.6) is 5.75 Å². The van der Waals surface area contributed by atoms with Crippen LogP contribution in [0.3, 0.4) is 0 Å². The summed E-state index contributed by atoms with van der Waals surface area (Å²) in [5, 5.41) is 0.452. The van der Waals surface area contributed by atoms with E-state index in [1.165, 1.54) is 11.3 Å². The van der Waals surface area contributed by atoms with Crippen molar-refractivity contribution in [3.8, 4) is 34.0 Å². The Bertz CT molecular complexity index is 2430. The zero-order valence-corrected chi connectivity index (χ0v) is 30.1. The zero-order valence-electron chi connectivity index (χ0n) is 28.5. The lowest BCUT2D eigenvalue weighted by molar-refractivity contribution is -0.139. The second kappa shape index (κ2) is 14.8. The molecule has 7 nitrogen and oxygen atoms in total. The molecule has 51 heavy (non-hydrogen) atoms. The number of fused-ring (bicyclic) bond motifs is 1. The normalized spacial score (nSPS) is 14.3. The van der Waals surface area contributed by atoms with Crippen LogP contribution in [0.2, 0.25) is 5.02 Å². The number of allylic oxidation sites excluding steroid dienone is 1. The third-order valence-electron chi connectivity index (χ3n) is 8.83. The van der Waals surface area contributed by atoms with Crippen LogP contribution in [0, 0.1) is 0 Å². The van der Waals surface area contributed by atoms with Crippen molar-refractivity contribution in [3.05, 3.63) is 162 Å². The minimum atomic E-state index is -0.861. The molecular weight excluding hydrogens is 678 g/mol. The SMILES string of the molecule is CCCC1=C(C(=O)OCC)[C@@H](c2cc(Cl)ccc2OC)n2c(s/c(=C/c3cc(-c4ccccc4)n(-c4ccccc4)c3-c3ccccc3)c2=O)=N1. The Labute approximate surface area is 305 Å². The van der Waals surface area contributed by atoms with Crippen molar-refractivity contribution in [1.29, 1.82) is 0 Å². The molecule has 6 aromatic rings. The van der Waals surface area contributed by atoms with Gasteiger partial charge in [0.25, 0.3) is 5.56 Å². The molecule has 0 radical (unpaired) electrons. The Balaban J connectivity index is 1.54. The van der Waals surface area contributed by atoms with Crippen LogP contribution in [0.1, 0.15) is 43.9 Å². The topological polar surface area (TPSA) is 74.8 Å². The van der Waals surface area contributed by atoms with Crippen molar-refractivity contribution >= 4 is 35.0 Å². The summed E-state index contributed by atoms with van der Waals surface area (Å²) in [5.41, 5.74) is 7.01. The molecule has 1 atom stereocenters. The van der Waals surface area contributed by atoms with Gasteiger partial charge in [-0.2, -0.15) is 0 Å². The van der Waals surface area contributed by atoms with Gasteiger partial charge < -0.3 is 14.0 Å². The van der Waals surface area contributed by atoms with Gasteiger partial charge in [0.15, 0.2) is 4.80 Å². The fourth-order valence-corrected chi connectivity index (χ4v) is 7.86. The molecule has 1 aliphatic rings. The van der Waals surface area contributed by atoms with Crippen LogP contribution in [-0.4, -0.2) is 28.8 Å². The van der Waals surface area contributed by atoms with Crippen molar-refractivity contribution < 1.29 is 14.3 Å². The van der Waals surface area contributed by atoms with Gasteiger partial charge in [0, 0.05) is 21.8 Å². The largest absolute Gasteiger partial charge is 0.496 e. The van der Waals surface area contributed by atoms with E-state index in [1.54, 1.807) is 36.8 Å². The Morgan fingerprint density at radius 3 is 2.22 bits per heavy atom. The molecule has 256 valence electrons. The average Bonchev–Trinajstić information content (AvgIpc) is 3.69. The molecule has 0 saturated carbocycles. The highest BCUT2D eigenvalue weighted by atomic mass is 35.5. The molecule has 4 aromatic carbocycles. The van der Waals surface area contributed by atoms with Crippen molar-refractivity contribution in [1.82, 2.24) is 9.13 Å². The van der Waals surface area contributed by atoms with Gasteiger partial charge in [0.1, 0.15) is 11.8 Å². The molecule has 3 heterocycles. The number of hydrogen-bond donors (Lipinski definition) is 0. The molecule has 7 rings (SSSR count). The molecule has 0 bridgehead atoms. The van der Waals surface area contributed by atoms with E-state index in [4.69, 9.17) is 26.1 Å². The van der Waals surface area contributed by atoms with Gasteiger partial charge in [-0.1, -0.05) is 115 Å². The zero-order chi connectivity index (χ0) is 35.5. The van der Waals surface area contributed by atoms with Crippen LogP contribution < -0.4 is 19.6 Å². The highest BCUT2D eigenvalue weighted by Gasteiger charge is 2.36. The maximum atomic E-state index is 14.8. The van der Waals surface area contributed by atoms with Crippen molar-refractivity contribution in [2.24, 2.45) is 4.99 Å². The summed E-state index contributed by atoms with van der Waals surface area (Å²) in [6.07, 6.45) is 3.21. The maximum absolute atomic E-state index is 14.8. The number of methoxy groups -OCH3 is 1. The Kier molecular flexibility index (Phi) is 9.88. The number of esters is 1. The first-order valence-electron chi connectivity index (χ1n) is 16.9. The fourth-order valence-electron chi connectivity index (χ4n) is 6.67. The highest BCUT2D eigenvalue weighted by Crippen LogP contribution is 2.39. The lowest BCUT2D eigenvalue weighted by Crippen LogP contribution is -2.40. The highest BCUT2D eigenvalue weighted by molar-refractivity contribution is 7.07. The standard InChI is InChI=1S/C42H36ClN3O4S/c1-4-15-33-37(41(48)50-5-2)39(32-26-30(43)22-23-35(32)49-3)46-40(47)36(51-42(46)44-33)25-29-24-34(27-16-9-6-10-17-27)45(31-20-13-8-14-21-31)38(29)28-18-11-7-12-19-28/h6-14,16-26,39H,4-5,15H2,1-3H3/b36-25+/t39-/m1/s1. The first-order valence-corrected chi connectivity index (χ1v) is 18.1. The minimum absolute atomic E-state index is 0.177. The van der Waals surface area contributed by atoms with Gasteiger partial charge in [-0.05, 0) is 66.9 Å². The van der Waals surface area contributed by atoms with Gasteiger partial charge in [-0.25, -0.2) is 9.79 Å². The van der Waals surface area contributed by atoms with Crippen molar-refractivity contribution in [2.45, 2.75) is 32.7 Å². The van der Waals surface area contributed by atoms with E-state index in [0.717, 1.165) is 40.2 Å². The molecule has 0 unspecified atom stereocenters. The first-order chi connectivity index (χ1) is 24.9. The number of nitrogens with zero attached hydrogens (tertiary/aromatic N) is 3. The summed E-state index contributed by atoms with van der Waals surface area (Å²) in [5.74, 6) is -0.0258. The monoisotopic (exact) mass is 713 g/mol. The van der Waals surface area contributed by atoms with Crippen molar-refractivity contribution in [2.75, 3.05) is 13.7 Å². The van der Waals surface area contributed by atoms with Gasteiger partial charge >= 0.3 is 5.97 Å². The molecule has 1 aliphatic heterocycles. The molecule has 0 spiro atoms. The third kappa shape index (κ3) is 6.49. The van der Waals surface area contributed by atoms with E-state index in [-0.39, 0.29) is 12.2 Å². The summed E-state index contributed by atoms with van der Waals surface area (Å²) in [6, 6.07) is 37.1. The second-order valence-electron chi connectivity index (χ2n) is 12.0. The molecule has 9 heteroatoms. The van der Waals surface area contributed by atoms with E-state index in [1.807, 2.05) is 67.6 Å². The number of para-hydroxylation sites is 1. The van der Waals surface area contributed by atoms with Crippen LogP contribution in [0.25, 0.3) is 34.3 Å². The lowest BCUT2D eigenvalue weighted by Gasteiger charge is -2.27. The Hall–Kier alpha value is -5.44. The number of thiazole rings is 1. The molecule has 0 amide bonds. The number of halogens is 1. The summed E-state index contributed by atoms with van der Waals surface area (Å²) < 4.78 is 15.7. The molecule has 0 aliphatic carbocycles. The van der Waals surface area contributed by atoms with Crippen LogP contribution >= 0.6 is 22.9 Å². The second-order valence-corrected chi connectivity index (χ2v) is 13.5. The molecule has 0 fully saturated rings. The van der Waals surface area contributed by atoms with Gasteiger partial charge in [0.05, 0.1) is 40.9 Å². The van der Waals surface area contributed by atoms with E-state index in [2.05, 4.69) is 47.0 Å². The Morgan fingerprint density at radius 2 is 1.57 bits per heavy atom. The van der Waals surface area contributed by atoms with E-state index in [0.29, 0.717) is 43.4 Å². The van der Waals surface area contributed by atoms with Crippen LogP contribution in [0.15, 0.2) is 136 Å². The fraction of sp³-hybridized carbons (Fsp3) is 0.167. The number of benzene rings is 4. The van der Waals surface area contributed by atoms with Crippen LogP contribution in [0.4, 0.5) is 0 Å². The summed E-state index contributed by atoms with van der Waals surface area (Å²) >= 11 is 7.85. The smallest absolute Gasteiger partial charge is 0.338 e. The summed E-state index contributed by atoms with van der Waals surface area (Å²) in [4.78, 5) is 34.0. The van der Waals surface area contributed by atoms with E-state index >= 15 is 0 Å². The quantitative estimate of drug-likeness (QED) is 0.134. The van der Waals surface area contributed by atoms with Gasteiger partial charge in [-0.15, -0.1) is 0 Å². The Morgan fingerprint density at radius 1 is 0.902 bits per heavy atom. The molecule has 0 saturated heterocycles. The molecule has 2 aromatic heterocycles. The number of aromatic nitrogens is 2. The number of rotatable bonds is 10. The third-order valence-corrected chi connectivity index (χ3v) is 10.0.